The normalized spacial score (nSPS) is 9.70. The third kappa shape index (κ3) is 0.790. The summed E-state index contributed by atoms with van der Waals surface area (Å²) < 4.78 is 4.02. The number of aromatic nitrogens is 2. The van der Waals surface area contributed by atoms with Gasteiger partial charge in [-0.1, -0.05) is 0 Å². The second-order valence-electron chi connectivity index (χ2n) is 1.72. The van der Waals surface area contributed by atoms with Gasteiger partial charge in [0.1, 0.15) is 0 Å². The molecule has 0 aliphatic heterocycles. The Hall–Kier alpha value is -1.59. The van der Waals surface area contributed by atoms with Crippen LogP contribution in [0.3, 0.4) is 0 Å². The maximum absolute atomic E-state index is 10.5. The number of hydrogen-bond donors (Lipinski definition) is 1. The zero-order valence-electron chi connectivity index (χ0n) is 5.20. The predicted molar refractivity (Wildman–Crippen MR) is 29.9 cm³/mol. The summed E-state index contributed by atoms with van der Waals surface area (Å²) in [5.41, 5.74) is 4.85. The van der Waals surface area contributed by atoms with Crippen LogP contribution in [0, 0.1) is 5.21 Å². The molecule has 1 aromatic rings. The number of nitrogens with two attached hydrogens (primary N) is 1. The minimum atomic E-state index is -0.464. The predicted octanol–water partition coefficient (Wildman–Crippen LogP) is -0.907. The van der Waals surface area contributed by atoms with Crippen molar-refractivity contribution in [3.63, 3.8) is 0 Å². The molecule has 0 amide bonds. The summed E-state index contributed by atoms with van der Waals surface area (Å²) in [6.07, 6.45) is 0. The van der Waals surface area contributed by atoms with Gasteiger partial charge in [-0.3, -0.25) is 9.42 Å². The average Bonchev–Trinajstić information content (AvgIpc) is 2.11. The number of hydrogen-bond acceptors (Lipinski definition) is 5. The fraction of sp³-hybridized carbons (Fsp3) is 0.250. The van der Waals surface area contributed by atoms with Crippen molar-refractivity contribution in [2.24, 2.45) is 0 Å². The highest BCUT2D eigenvalue weighted by molar-refractivity contribution is 5.94. The second-order valence-corrected chi connectivity index (χ2v) is 1.72. The Balaban J connectivity index is 3.23. The minimum absolute atomic E-state index is 0.0162. The Labute approximate surface area is 55.8 Å². The summed E-state index contributed by atoms with van der Waals surface area (Å²) in [6.45, 7) is 1.21. The lowest BCUT2D eigenvalue weighted by Gasteiger charge is -1.86. The van der Waals surface area contributed by atoms with Gasteiger partial charge < -0.3 is 10.9 Å². The van der Waals surface area contributed by atoms with E-state index in [0.29, 0.717) is 0 Å². The summed E-state index contributed by atoms with van der Waals surface area (Å²) in [5, 5.41) is 13.5. The van der Waals surface area contributed by atoms with Crippen molar-refractivity contribution in [2.75, 3.05) is 5.73 Å². The molecule has 0 unspecified atom stereocenters. The SMILES string of the molecule is CC(=O)c1c(N)no[n+]1[O-]. The van der Waals surface area contributed by atoms with Crippen LogP contribution in [0.15, 0.2) is 4.63 Å². The van der Waals surface area contributed by atoms with Gasteiger partial charge >= 0.3 is 5.82 Å². The first-order valence-electron chi connectivity index (χ1n) is 2.49. The maximum Gasteiger partial charge on any atom is 0.316 e. The van der Waals surface area contributed by atoms with Gasteiger partial charge in [0.05, 0.1) is 5.16 Å². The molecule has 0 fully saturated rings. The van der Waals surface area contributed by atoms with E-state index in [1.165, 1.54) is 6.92 Å². The van der Waals surface area contributed by atoms with Gasteiger partial charge in [0.25, 0.3) is 5.69 Å². The lowest BCUT2D eigenvalue weighted by atomic mass is 10.3. The molecule has 0 aromatic carbocycles. The summed E-state index contributed by atoms with van der Waals surface area (Å²) in [4.78, 5) is 10.5. The van der Waals surface area contributed by atoms with Crippen LogP contribution in [0.1, 0.15) is 17.4 Å². The summed E-state index contributed by atoms with van der Waals surface area (Å²) in [6, 6.07) is 0. The topological polar surface area (TPSA) is 96.1 Å². The van der Waals surface area contributed by atoms with E-state index in [-0.39, 0.29) is 16.4 Å². The van der Waals surface area contributed by atoms with Gasteiger partial charge in [0.2, 0.25) is 5.78 Å². The first-order chi connectivity index (χ1) is 4.63. The van der Waals surface area contributed by atoms with Crippen LogP contribution in [0.2, 0.25) is 0 Å². The van der Waals surface area contributed by atoms with Crippen molar-refractivity contribution in [1.29, 1.82) is 0 Å². The van der Waals surface area contributed by atoms with Crippen LogP contribution < -0.4 is 10.6 Å². The molecule has 0 radical (unpaired) electrons. The largest absolute Gasteiger partial charge is 0.359 e. The Morgan fingerprint density at radius 1 is 1.90 bits per heavy atom. The minimum Gasteiger partial charge on any atom is -0.359 e. The van der Waals surface area contributed by atoms with Crippen LogP contribution in [0.5, 0.6) is 0 Å². The lowest BCUT2D eigenvalue weighted by Crippen LogP contribution is -2.30. The van der Waals surface area contributed by atoms with Gasteiger partial charge in [-0.05, 0) is 4.90 Å². The van der Waals surface area contributed by atoms with Gasteiger partial charge in [-0.2, -0.15) is 0 Å². The van der Waals surface area contributed by atoms with E-state index in [1.54, 1.807) is 0 Å². The quantitative estimate of drug-likeness (QED) is 0.405. The number of carbonyl (C=O) groups excluding carboxylic acids is 1. The Bertz CT molecular complexity index is 247. The Kier molecular flexibility index (Phi) is 1.29. The van der Waals surface area contributed by atoms with E-state index in [1.807, 2.05) is 0 Å². The smallest absolute Gasteiger partial charge is 0.316 e. The van der Waals surface area contributed by atoms with E-state index < -0.39 is 5.78 Å². The van der Waals surface area contributed by atoms with Crippen LogP contribution in [0.25, 0.3) is 0 Å². The molecule has 0 aliphatic carbocycles. The zero-order valence-corrected chi connectivity index (χ0v) is 5.20. The van der Waals surface area contributed by atoms with Crippen molar-refractivity contribution in [3.05, 3.63) is 10.9 Å². The first kappa shape index (κ1) is 6.53. The molecule has 1 rings (SSSR count). The molecule has 0 saturated carbocycles. The standard InChI is InChI=1S/C4H5N3O3/c1-2(8)3-4(5)6-10-7(3)9/h1H3,(H2,5,6). The summed E-state index contributed by atoms with van der Waals surface area (Å²) in [7, 11) is 0. The van der Waals surface area contributed by atoms with E-state index in [9.17, 15) is 10.0 Å². The van der Waals surface area contributed by atoms with Crippen molar-refractivity contribution in [1.82, 2.24) is 5.16 Å². The average molecular weight is 143 g/mol. The number of rotatable bonds is 1. The fourth-order valence-corrected chi connectivity index (χ4v) is 0.568. The lowest BCUT2D eigenvalue weighted by molar-refractivity contribution is -0.803. The van der Waals surface area contributed by atoms with Crippen molar-refractivity contribution in [3.8, 4) is 0 Å². The van der Waals surface area contributed by atoms with Gasteiger partial charge in [-0.15, -0.1) is 0 Å². The van der Waals surface area contributed by atoms with E-state index in [0.717, 1.165) is 0 Å². The highest BCUT2D eigenvalue weighted by Gasteiger charge is 2.19. The van der Waals surface area contributed by atoms with Gasteiger partial charge in [-0.25, -0.2) is 0 Å². The fourth-order valence-electron chi connectivity index (χ4n) is 0.568. The number of carbonyl (C=O) groups is 1. The van der Waals surface area contributed by atoms with Crippen LogP contribution in [-0.2, 0) is 0 Å². The van der Waals surface area contributed by atoms with E-state index in [2.05, 4.69) is 9.79 Å². The molecule has 2 N–H and O–H groups in total. The van der Waals surface area contributed by atoms with Crippen molar-refractivity contribution < 1.29 is 14.3 Å². The second kappa shape index (κ2) is 1.98. The molecule has 1 heterocycles. The third-order valence-electron chi connectivity index (χ3n) is 0.972. The number of Topliss-reactive ketones (excluding diaryl/α,β-unsaturated/α-hetero) is 1. The molecule has 1 aromatic heterocycles. The summed E-state index contributed by atoms with van der Waals surface area (Å²) >= 11 is 0. The Morgan fingerprint density at radius 3 is 2.70 bits per heavy atom. The molecule has 0 saturated heterocycles. The van der Waals surface area contributed by atoms with Gasteiger partial charge in [0, 0.05) is 6.92 Å². The van der Waals surface area contributed by atoms with E-state index in [4.69, 9.17) is 5.73 Å². The molecular weight excluding hydrogens is 138 g/mol. The molecular formula is C4H5N3O3. The van der Waals surface area contributed by atoms with Crippen LogP contribution in [-0.4, -0.2) is 10.9 Å². The van der Waals surface area contributed by atoms with E-state index >= 15 is 0 Å². The Morgan fingerprint density at radius 2 is 2.50 bits per heavy atom. The molecule has 10 heavy (non-hydrogen) atoms. The highest BCUT2D eigenvalue weighted by Crippen LogP contribution is 2.01. The molecule has 0 spiro atoms. The van der Waals surface area contributed by atoms with Crippen LogP contribution >= 0.6 is 0 Å². The molecule has 54 valence electrons. The number of anilines is 1. The number of ketones is 1. The van der Waals surface area contributed by atoms with Crippen molar-refractivity contribution >= 4 is 11.6 Å². The number of nitrogens with zero attached hydrogens (tertiary/aromatic N) is 2. The summed E-state index contributed by atoms with van der Waals surface area (Å²) in [5.74, 6) is -0.642. The molecule has 6 heteroatoms. The first-order valence-corrected chi connectivity index (χ1v) is 2.49. The monoisotopic (exact) mass is 143 g/mol. The third-order valence-corrected chi connectivity index (χ3v) is 0.972. The molecule has 6 nitrogen and oxygen atoms in total. The van der Waals surface area contributed by atoms with Gasteiger partial charge in [0.15, 0.2) is 0 Å². The zero-order chi connectivity index (χ0) is 7.72. The van der Waals surface area contributed by atoms with Crippen molar-refractivity contribution in [2.45, 2.75) is 6.92 Å². The number of nitrogen functional groups attached to an aromatic ring is 1. The molecule has 0 atom stereocenters. The molecule has 0 aliphatic rings. The van der Waals surface area contributed by atoms with Crippen LogP contribution in [0.4, 0.5) is 5.82 Å². The molecule has 0 bridgehead atoms. The maximum atomic E-state index is 10.5. The highest BCUT2D eigenvalue weighted by atomic mass is 16.8.